The Morgan fingerprint density at radius 1 is 1.05 bits per heavy atom. The van der Waals surface area contributed by atoms with Crippen molar-refractivity contribution < 1.29 is 32.5 Å². The second kappa shape index (κ2) is 13.7. The van der Waals surface area contributed by atoms with Gasteiger partial charge in [0.1, 0.15) is 17.2 Å². The van der Waals surface area contributed by atoms with Crippen LogP contribution in [-0.4, -0.2) is 49.1 Å². The van der Waals surface area contributed by atoms with Crippen molar-refractivity contribution in [1.29, 1.82) is 0 Å². The lowest BCUT2D eigenvalue weighted by Crippen LogP contribution is -2.38. The molecule has 1 aliphatic rings. The van der Waals surface area contributed by atoms with Gasteiger partial charge in [0.2, 0.25) is 10.0 Å². The maximum atomic E-state index is 13.0. The molecule has 1 N–H and O–H groups in total. The van der Waals surface area contributed by atoms with Gasteiger partial charge in [-0.25, -0.2) is 13.2 Å². The summed E-state index contributed by atoms with van der Waals surface area (Å²) in [7, 11) is -3.83. The van der Waals surface area contributed by atoms with Gasteiger partial charge >= 0.3 is 6.16 Å². The smallest absolute Gasteiger partial charge is 0.493 e. The zero-order valence-corrected chi connectivity index (χ0v) is 23.5. The van der Waals surface area contributed by atoms with Crippen LogP contribution in [0.2, 0.25) is 0 Å². The van der Waals surface area contributed by atoms with Crippen molar-refractivity contribution in [3.63, 3.8) is 0 Å². The number of hydrogen-bond donors (Lipinski definition) is 1. The molecule has 0 spiro atoms. The third-order valence-corrected chi connectivity index (χ3v) is 9.16. The number of carbonyl (C=O) groups is 1. The fraction of sp³-hybridized carbons (Fsp3) is 0.345. The van der Waals surface area contributed by atoms with E-state index in [1.54, 1.807) is 36.0 Å². The van der Waals surface area contributed by atoms with Crippen LogP contribution < -0.4 is 9.47 Å². The van der Waals surface area contributed by atoms with Crippen LogP contribution in [0, 0.1) is 0 Å². The van der Waals surface area contributed by atoms with Crippen molar-refractivity contribution in [2.24, 2.45) is 0 Å². The Balaban J connectivity index is 1.26. The van der Waals surface area contributed by atoms with Crippen LogP contribution in [0.1, 0.15) is 38.2 Å². The highest BCUT2D eigenvalue weighted by Gasteiger charge is 2.37. The van der Waals surface area contributed by atoms with Crippen molar-refractivity contribution in [2.75, 3.05) is 18.9 Å². The number of carboxylic acid groups (broad SMARTS) is 1. The number of nitrogens with zero attached hydrogens (tertiary/aromatic N) is 1. The van der Waals surface area contributed by atoms with Crippen LogP contribution in [0.25, 0.3) is 0 Å². The summed E-state index contributed by atoms with van der Waals surface area (Å²) in [5.74, 6) is 3.26. The van der Waals surface area contributed by atoms with E-state index in [0.29, 0.717) is 19.4 Å². The summed E-state index contributed by atoms with van der Waals surface area (Å²) in [5, 5.41) is 8.89. The molecule has 1 heterocycles. The Morgan fingerprint density at radius 2 is 1.82 bits per heavy atom. The lowest BCUT2D eigenvalue weighted by atomic mass is 10.1. The maximum absolute atomic E-state index is 13.0. The highest BCUT2D eigenvalue weighted by atomic mass is 32.2. The molecule has 10 heteroatoms. The van der Waals surface area contributed by atoms with Gasteiger partial charge in [0.15, 0.2) is 6.23 Å². The van der Waals surface area contributed by atoms with Gasteiger partial charge in [-0.15, -0.1) is 11.8 Å². The standard InChI is InChI=1S/C29H33NO7S2/c1-2-8-22-21-24(36-23-9-4-3-5-10-23)12-17-27(22)35-19-7-20-38-25-13-15-26(16-14-25)39(33,34)30-18-6-11-28(30)37-29(31)32/h3-5,9-10,12-17,21,28H,2,6-8,11,18-20H2,1H3,(H,31,32)/t28-/m1/s1. The van der Waals surface area contributed by atoms with Crippen LogP contribution in [-0.2, 0) is 21.2 Å². The molecule has 0 saturated carbocycles. The summed E-state index contributed by atoms with van der Waals surface area (Å²) in [5.41, 5.74) is 1.12. The predicted octanol–water partition coefficient (Wildman–Crippen LogP) is 6.80. The molecule has 0 aliphatic carbocycles. The van der Waals surface area contributed by atoms with E-state index in [1.807, 2.05) is 48.5 Å². The molecule has 8 nitrogen and oxygen atoms in total. The largest absolute Gasteiger partial charge is 0.507 e. The number of thioether (sulfide) groups is 1. The Bertz CT molecular complexity index is 1330. The van der Waals surface area contributed by atoms with Crippen LogP contribution >= 0.6 is 11.8 Å². The molecule has 1 atom stereocenters. The number of aryl methyl sites for hydroxylation is 1. The molecule has 0 unspecified atom stereocenters. The van der Waals surface area contributed by atoms with Crippen molar-refractivity contribution in [2.45, 2.75) is 55.0 Å². The zero-order chi connectivity index (χ0) is 27.7. The minimum Gasteiger partial charge on any atom is -0.493 e. The minimum absolute atomic E-state index is 0.124. The second-order valence-corrected chi connectivity index (χ2v) is 12.1. The van der Waals surface area contributed by atoms with E-state index >= 15 is 0 Å². The summed E-state index contributed by atoms with van der Waals surface area (Å²) in [6.07, 6.45) is 1.16. The number of sulfonamides is 1. The van der Waals surface area contributed by atoms with Gasteiger partial charge in [-0.05, 0) is 79.4 Å². The number of rotatable bonds is 13. The quantitative estimate of drug-likeness (QED) is 0.136. The van der Waals surface area contributed by atoms with E-state index in [9.17, 15) is 13.2 Å². The highest BCUT2D eigenvalue weighted by Crippen LogP contribution is 2.30. The highest BCUT2D eigenvalue weighted by molar-refractivity contribution is 7.99. The van der Waals surface area contributed by atoms with Gasteiger partial charge in [-0.3, -0.25) is 0 Å². The van der Waals surface area contributed by atoms with E-state index in [2.05, 4.69) is 6.92 Å². The third-order valence-electron chi connectivity index (χ3n) is 6.16. The topological polar surface area (TPSA) is 102 Å². The summed E-state index contributed by atoms with van der Waals surface area (Å²) >= 11 is 1.62. The summed E-state index contributed by atoms with van der Waals surface area (Å²) in [6.45, 7) is 2.93. The van der Waals surface area contributed by atoms with Gasteiger partial charge in [0.05, 0.1) is 11.5 Å². The average molecular weight is 572 g/mol. The van der Waals surface area contributed by atoms with E-state index in [1.165, 1.54) is 0 Å². The molecule has 1 aliphatic heterocycles. The Kier molecular flexibility index (Phi) is 10.1. The van der Waals surface area contributed by atoms with Crippen molar-refractivity contribution in [1.82, 2.24) is 4.31 Å². The van der Waals surface area contributed by atoms with Crippen molar-refractivity contribution in [3.8, 4) is 17.2 Å². The summed E-state index contributed by atoms with van der Waals surface area (Å²) < 4.78 is 43.9. The van der Waals surface area contributed by atoms with E-state index in [0.717, 1.165) is 57.0 Å². The molecule has 39 heavy (non-hydrogen) atoms. The summed E-state index contributed by atoms with van der Waals surface area (Å²) in [6, 6.07) is 22.3. The molecule has 208 valence electrons. The van der Waals surface area contributed by atoms with Crippen LogP contribution in [0.5, 0.6) is 17.2 Å². The maximum Gasteiger partial charge on any atom is 0.507 e. The van der Waals surface area contributed by atoms with Gasteiger partial charge < -0.3 is 19.3 Å². The molecular formula is C29H33NO7S2. The molecule has 0 amide bonds. The van der Waals surface area contributed by atoms with E-state index in [-0.39, 0.29) is 11.4 Å². The predicted molar refractivity (Wildman–Crippen MR) is 150 cm³/mol. The Labute approximate surface area is 233 Å². The van der Waals surface area contributed by atoms with Gasteiger partial charge in [0, 0.05) is 23.6 Å². The van der Waals surface area contributed by atoms with Crippen LogP contribution in [0.15, 0.2) is 82.6 Å². The first-order chi connectivity index (χ1) is 18.9. The van der Waals surface area contributed by atoms with Gasteiger partial charge in [-0.1, -0.05) is 31.5 Å². The molecule has 1 saturated heterocycles. The molecule has 4 rings (SSSR count). The molecule has 3 aromatic rings. The molecule has 0 bridgehead atoms. The first-order valence-corrected chi connectivity index (χ1v) is 15.4. The Hall–Kier alpha value is -3.21. The summed E-state index contributed by atoms with van der Waals surface area (Å²) in [4.78, 5) is 12.0. The molecule has 0 aromatic heterocycles. The first kappa shape index (κ1) is 28.8. The third kappa shape index (κ3) is 7.90. The monoisotopic (exact) mass is 571 g/mol. The van der Waals surface area contributed by atoms with Crippen molar-refractivity contribution >= 4 is 27.9 Å². The fourth-order valence-corrected chi connectivity index (χ4v) is 6.75. The molecule has 0 radical (unpaired) electrons. The zero-order valence-electron chi connectivity index (χ0n) is 21.8. The van der Waals surface area contributed by atoms with Gasteiger partial charge in [0.25, 0.3) is 0 Å². The minimum atomic E-state index is -3.83. The van der Waals surface area contributed by atoms with Crippen LogP contribution in [0.3, 0.4) is 0 Å². The number of ether oxygens (including phenoxy) is 3. The lowest BCUT2D eigenvalue weighted by molar-refractivity contribution is 0.0170. The van der Waals surface area contributed by atoms with Gasteiger partial charge in [-0.2, -0.15) is 4.31 Å². The van der Waals surface area contributed by atoms with E-state index in [4.69, 9.17) is 19.3 Å². The van der Waals surface area contributed by atoms with Crippen LogP contribution in [0.4, 0.5) is 4.79 Å². The van der Waals surface area contributed by atoms with Crippen molar-refractivity contribution in [3.05, 3.63) is 78.4 Å². The normalized spacial score (nSPS) is 15.7. The lowest BCUT2D eigenvalue weighted by Gasteiger charge is -2.22. The van der Waals surface area contributed by atoms with E-state index < -0.39 is 22.4 Å². The number of para-hydroxylation sites is 1. The molecule has 3 aromatic carbocycles. The Morgan fingerprint density at radius 3 is 2.54 bits per heavy atom. The second-order valence-electron chi connectivity index (χ2n) is 9.05. The first-order valence-electron chi connectivity index (χ1n) is 13.0. The number of benzene rings is 3. The average Bonchev–Trinajstić information content (AvgIpc) is 3.39. The number of hydrogen-bond acceptors (Lipinski definition) is 7. The fourth-order valence-electron chi connectivity index (χ4n) is 4.34. The SMILES string of the molecule is CCCc1cc(Oc2ccccc2)ccc1OCCCSc1ccc(S(=O)(=O)N2CCC[C@H]2OC(=O)O)cc1. The molecular weight excluding hydrogens is 538 g/mol. The molecule has 1 fully saturated rings.